The van der Waals surface area contributed by atoms with Gasteiger partial charge in [0, 0.05) is 12.8 Å². The van der Waals surface area contributed by atoms with E-state index in [4.69, 9.17) is 4.74 Å². The highest BCUT2D eigenvalue weighted by molar-refractivity contribution is 5.76. The molecule has 0 aromatic heterocycles. The number of amides is 1. The first kappa shape index (κ1) is 89.8. The number of allylic oxidation sites excluding steroid dienone is 7. The zero-order valence-corrected chi connectivity index (χ0v) is 62.3. The summed E-state index contributed by atoms with van der Waals surface area (Å²) in [6, 6.07) is -0.626. The van der Waals surface area contributed by atoms with Crippen LogP contribution in [0.3, 0.4) is 0 Å². The highest BCUT2D eigenvalue weighted by Crippen LogP contribution is 2.20. The predicted molar refractivity (Wildman–Crippen MR) is 407 cm³/mol. The standard InChI is InChI=1S/C86H163NO5/c1-3-5-7-9-11-13-15-17-19-21-43-48-52-56-60-64-68-72-76-80-86(91)92-81-77-73-69-65-61-57-53-49-45-42-40-38-36-34-32-30-28-26-24-22-23-25-27-29-31-33-35-37-39-41-44-47-51-55-59-63-67-71-75-79-85(90)87-83(82-88)84(89)78-74-70-66-62-58-54-50-46-20-18-16-14-12-10-8-6-4-2/h17,19,22-23,26,28,74,78,83-84,88-89H,3-16,18,20-21,24-25,27,29-73,75-77,79-82H2,1-2H3,(H,87,90)/b19-17-,23-22-,28-26-,78-74+. The quantitative estimate of drug-likeness (QED) is 0.0320. The monoisotopic (exact) mass is 1290 g/mol. The van der Waals surface area contributed by atoms with Gasteiger partial charge in [-0.2, -0.15) is 0 Å². The molecule has 0 spiro atoms. The van der Waals surface area contributed by atoms with Crippen molar-refractivity contribution in [2.45, 2.75) is 475 Å². The van der Waals surface area contributed by atoms with E-state index in [1.54, 1.807) is 6.08 Å². The van der Waals surface area contributed by atoms with Gasteiger partial charge in [0.05, 0.1) is 25.4 Å². The molecule has 6 nitrogen and oxygen atoms in total. The molecule has 2 atom stereocenters. The van der Waals surface area contributed by atoms with Crippen LogP contribution >= 0.6 is 0 Å². The van der Waals surface area contributed by atoms with Gasteiger partial charge in [-0.15, -0.1) is 0 Å². The van der Waals surface area contributed by atoms with Crippen molar-refractivity contribution in [1.29, 1.82) is 0 Å². The first-order valence-corrected chi connectivity index (χ1v) is 41.9. The number of carbonyl (C=O) groups is 2. The number of nitrogens with one attached hydrogen (secondary N) is 1. The van der Waals surface area contributed by atoms with E-state index in [2.05, 4.69) is 55.6 Å². The lowest BCUT2D eigenvalue weighted by Gasteiger charge is -2.20. The summed E-state index contributed by atoms with van der Waals surface area (Å²) in [5.41, 5.74) is 0. The van der Waals surface area contributed by atoms with Crippen LogP contribution in [0.4, 0.5) is 0 Å². The molecule has 2 unspecified atom stereocenters. The Morgan fingerprint density at radius 2 is 0.543 bits per heavy atom. The van der Waals surface area contributed by atoms with Crippen LogP contribution < -0.4 is 5.32 Å². The molecule has 0 aliphatic heterocycles. The van der Waals surface area contributed by atoms with Gasteiger partial charge < -0.3 is 20.3 Å². The minimum Gasteiger partial charge on any atom is -0.466 e. The second-order valence-corrected chi connectivity index (χ2v) is 28.8. The number of carbonyl (C=O) groups excluding carboxylic acids is 2. The summed E-state index contributed by atoms with van der Waals surface area (Å²) in [7, 11) is 0. The first-order chi connectivity index (χ1) is 45.5. The Morgan fingerprint density at radius 1 is 0.304 bits per heavy atom. The van der Waals surface area contributed by atoms with Crippen molar-refractivity contribution in [2.24, 2.45) is 0 Å². The summed E-state index contributed by atoms with van der Waals surface area (Å²) in [6.45, 7) is 4.95. The molecule has 1 amide bonds. The molecule has 3 N–H and O–H groups in total. The van der Waals surface area contributed by atoms with E-state index in [0.29, 0.717) is 19.4 Å². The number of rotatable bonds is 79. The van der Waals surface area contributed by atoms with Crippen molar-refractivity contribution < 1.29 is 24.5 Å². The topological polar surface area (TPSA) is 95.9 Å². The molecule has 0 saturated carbocycles. The molecule has 0 aliphatic rings. The van der Waals surface area contributed by atoms with Crippen LogP contribution in [0.2, 0.25) is 0 Å². The van der Waals surface area contributed by atoms with Gasteiger partial charge in [-0.05, 0) is 89.9 Å². The maximum atomic E-state index is 12.5. The molecule has 0 aromatic carbocycles. The zero-order chi connectivity index (χ0) is 66.3. The smallest absolute Gasteiger partial charge is 0.305 e. The number of hydrogen-bond acceptors (Lipinski definition) is 5. The average molecular weight is 1290 g/mol. The fraction of sp³-hybridized carbons (Fsp3) is 0.884. The van der Waals surface area contributed by atoms with Gasteiger partial charge in [0.15, 0.2) is 0 Å². The van der Waals surface area contributed by atoms with Crippen molar-refractivity contribution in [1.82, 2.24) is 5.32 Å². The van der Waals surface area contributed by atoms with Crippen molar-refractivity contribution in [3.63, 3.8) is 0 Å². The average Bonchev–Trinajstić information content (AvgIpc) is 3.60. The van der Waals surface area contributed by atoms with Crippen molar-refractivity contribution >= 4 is 11.9 Å². The molecule has 0 aromatic rings. The van der Waals surface area contributed by atoms with E-state index in [0.717, 1.165) is 44.9 Å². The third kappa shape index (κ3) is 76.8. The maximum Gasteiger partial charge on any atom is 0.305 e. The summed E-state index contributed by atoms with van der Waals surface area (Å²) >= 11 is 0. The Hall–Kier alpha value is -2.18. The number of aliphatic hydroxyl groups is 2. The van der Waals surface area contributed by atoms with E-state index in [9.17, 15) is 19.8 Å². The van der Waals surface area contributed by atoms with Crippen LogP contribution in [-0.2, 0) is 14.3 Å². The summed E-state index contributed by atoms with van der Waals surface area (Å²) in [4.78, 5) is 24.7. The van der Waals surface area contributed by atoms with Crippen LogP contribution in [0.1, 0.15) is 463 Å². The van der Waals surface area contributed by atoms with Crippen LogP contribution in [-0.4, -0.2) is 47.4 Å². The summed E-state index contributed by atoms with van der Waals surface area (Å²) in [6.07, 6.45) is 108. The lowest BCUT2D eigenvalue weighted by Crippen LogP contribution is -2.45. The fourth-order valence-electron chi connectivity index (χ4n) is 13.2. The normalized spacial score (nSPS) is 12.7. The molecule has 0 fully saturated rings. The molecule has 0 heterocycles. The second-order valence-electron chi connectivity index (χ2n) is 28.8. The van der Waals surface area contributed by atoms with E-state index in [-0.39, 0.29) is 18.5 Å². The lowest BCUT2D eigenvalue weighted by atomic mass is 10.0. The van der Waals surface area contributed by atoms with Crippen molar-refractivity contribution in [3.05, 3.63) is 48.6 Å². The van der Waals surface area contributed by atoms with Crippen molar-refractivity contribution in [2.75, 3.05) is 13.2 Å². The molecule has 0 radical (unpaired) electrons. The van der Waals surface area contributed by atoms with Gasteiger partial charge in [0.2, 0.25) is 5.91 Å². The van der Waals surface area contributed by atoms with E-state index in [1.165, 1.54) is 392 Å². The van der Waals surface area contributed by atoms with Gasteiger partial charge in [-0.25, -0.2) is 0 Å². The molecule has 92 heavy (non-hydrogen) atoms. The SMILES string of the molecule is CCCCCCCC/C=C\CCCCCCCCCCCC(=O)OCCCCCCCCCCCCCCCCC/C=C\C/C=C\CCCCCCCCCCCCCCCCCCCC(=O)NC(CO)C(O)/C=C/CCCCCCCCCCCCCCCCC. The van der Waals surface area contributed by atoms with E-state index in [1.807, 2.05) is 6.08 Å². The number of esters is 1. The van der Waals surface area contributed by atoms with E-state index < -0.39 is 12.1 Å². The fourth-order valence-corrected chi connectivity index (χ4v) is 13.2. The Morgan fingerprint density at radius 3 is 0.837 bits per heavy atom. The van der Waals surface area contributed by atoms with Gasteiger partial charge in [-0.3, -0.25) is 9.59 Å². The minimum absolute atomic E-state index is 0.0204. The number of hydrogen-bond donors (Lipinski definition) is 3. The van der Waals surface area contributed by atoms with Crippen LogP contribution in [0.25, 0.3) is 0 Å². The zero-order valence-electron chi connectivity index (χ0n) is 62.3. The molecule has 0 aliphatic carbocycles. The van der Waals surface area contributed by atoms with Gasteiger partial charge >= 0.3 is 5.97 Å². The molecular formula is C86H163NO5. The molecule has 6 heteroatoms. The number of aliphatic hydroxyl groups excluding tert-OH is 2. The third-order valence-electron chi connectivity index (χ3n) is 19.6. The van der Waals surface area contributed by atoms with Crippen molar-refractivity contribution in [3.8, 4) is 0 Å². The Bertz CT molecular complexity index is 1540. The summed E-state index contributed by atoms with van der Waals surface area (Å²) in [5.74, 6) is -0.0412. The number of unbranched alkanes of at least 4 members (excludes halogenated alkanes) is 62. The van der Waals surface area contributed by atoms with Gasteiger partial charge in [-0.1, -0.05) is 409 Å². The summed E-state index contributed by atoms with van der Waals surface area (Å²) in [5, 5.41) is 23.2. The number of ether oxygens (including phenoxy) is 1. The second kappa shape index (κ2) is 81.2. The van der Waals surface area contributed by atoms with Crippen LogP contribution in [0.5, 0.6) is 0 Å². The molecular weight excluding hydrogens is 1130 g/mol. The minimum atomic E-state index is -0.843. The molecule has 0 rings (SSSR count). The largest absolute Gasteiger partial charge is 0.466 e. The van der Waals surface area contributed by atoms with E-state index >= 15 is 0 Å². The predicted octanol–water partition coefficient (Wildman–Crippen LogP) is 27.9. The molecule has 0 saturated heterocycles. The first-order valence-electron chi connectivity index (χ1n) is 41.9. The molecule has 542 valence electrons. The third-order valence-corrected chi connectivity index (χ3v) is 19.6. The highest BCUT2D eigenvalue weighted by Gasteiger charge is 2.18. The highest BCUT2D eigenvalue weighted by atomic mass is 16.5. The van der Waals surface area contributed by atoms with Crippen LogP contribution in [0, 0.1) is 0 Å². The summed E-state index contributed by atoms with van der Waals surface area (Å²) < 4.78 is 5.52. The van der Waals surface area contributed by atoms with Gasteiger partial charge in [0.25, 0.3) is 0 Å². The Labute approximate surface area is 576 Å². The maximum absolute atomic E-state index is 12.5. The Balaban J connectivity index is 3.36. The Kier molecular flexibility index (Phi) is 79.3. The molecule has 0 bridgehead atoms. The lowest BCUT2D eigenvalue weighted by molar-refractivity contribution is -0.143. The van der Waals surface area contributed by atoms with Gasteiger partial charge in [0.1, 0.15) is 0 Å². The van der Waals surface area contributed by atoms with Crippen LogP contribution in [0.15, 0.2) is 48.6 Å².